The highest BCUT2D eigenvalue weighted by molar-refractivity contribution is 5.14. The van der Waals surface area contributed by atoms with Crippen molar-refractivity contribution in [2.24, 2.45) is 5.92 Å². The van der Waals surface area contributed by atoms with Gasteiger partial charge in [0.2, 0.25) is 0 Å². The zero-order chi connectivity index (χ0) is 12.6. The fraction of sp³-hybridized carbons (Fsp3) is 0.875. The Bertz CT molecular complexity index is 256. The minimum atomic E-state index is 0.586. The minimum absolute atomic E-state index is 0.586. The smallest absolute Gasteiger partial charge is 0.0512 e. The predicted octanol–water partition coefficient (Wildman–Crippen LogP) is 3.67. The molecule has 2 atom stereocenters. The molecule has 1 N–H and O–H groups in total. The van der Waals surface area contributed by atoms with Crippen LogP contribution in [0.4, 0.5) is 0 Å². The van der Waals surface area contributed by atoms with Gasteiger partial charge in [-0.25, -0.2) is 0 Å². The summed E-state index contributed by atoms with van der Waals surface area (Å²) in [6.45, 7) is 5.32. The monoisotopic (exact) mass is 251 g/mol. The van der Waals surface area contributed by atoms with Gasteiger partial charge in [0.25, 0.3) is 0 Å². The first-order valence-electron chi connectivity index (χ1n) is 7.92. The fourth-order valence-corrected chi connectivity index (χ4v) is 3.25. The average Bonchev–Trinajstić information content (AvgIpc) is 2.70. The maximum Gasteiger partial charge on any atom is 0.0512 e. The summed E-state index contributed by atoms with van der Waals surface area (Å²) in [6.07, 6.45) is 13.1. The molecule has 2 heteroatoms. The van der Waals surface area contributed by atoms with Crippen molar-refractivity contribution in [3.63, 3.8) is 0 Å². The summed E-state index contributed by atoms with van der Waals surface area (Å²) >= 11 is 0. The Morgan fingerprint density at radius 2 is 2.28 bits per heavy atom. The Hall–Kier alpha value is -0.340. The molecule has 2 rings (SSSR count). The first-order chi connectivity index (χ1) is 8.92. The van der Waals surface area contributed by atoms with E-state index < -0.39 is 0 Å². The van der Waals surface area contributed by atoms with Crippen molar-refractivity contribution in [2.45, 2.75) is 64.3 Å². The number of rotatable bonds is 5. The van der Waals surface area contributed by atoms with Crippen molar-refractivity contribution in [1.29, 1.82) is 0 Å². The van der Waals surface area contributed by atoms with Crippen LogP contribution in [0.5, 0.6) is 0 Å². The Morgan fingerprint density at radius 3 is 3.06 bits per heavy atom. The van der Waals surface area contributed by atoms with Gasteiger partial charge in [-0.05, 0) is 51.5 Å². The first-order valence-corrected chi connectivity index (χ1v) is 7.92. The number of ether oxygens (including phenoxy) is 1. The van der Waals surface area contributed by atoms with Gasteiger partial charge >= 0.3 is 0 Å². The van der Waals surface area contributed by atoms with Crippen molar-refractivity contribution in [1.82, 2.24) is 5.32 Å². The molecule has 1 aliphatic heterocycles. The largest absolute Gasteiger partial charge is 0.381 e. The third-order valence-corrected chi connectivity index (χ3v) is 4.26. The second kappa shape index (κ2) is 7.96. The zero-order valence-corrected chi connectivity index (χ0v) is 11.9. The van der Waals surface area contributed by atoms with E-state index in [0.717, 1.165) is 19.8 Å². The maximum atomic E-state index is 5.70. The summed E-state index contributed by atoms with van der Waals surface area (Å²) in [4.78, 5) is 0. The van der Waals surface area contributed by atoms with Crippen molar-refractivity contribution in [3.05, 3.63) is 11.6 Å². The number of nitrogens with one attached hydrogen (secondary N) is 1. The van der Waals surface area contributed by atoms with Crippen molar-refractivity contribution < 1.29 is 4.74 Å². The SMILES string of the molecule is CCCNC(C1=CCCCCC1)C1CCCOC1. The van der Waals surface area contributed by atoms with Crippen molar-refractivity contribution in [3.8, 4) is 0 Å². The Labute approximate surface area is 112 Å². The van der Waals surface area contributed by atoms with Gasteiger partial charge in [0.1, 0.15) is 0 Å². The molecule has 1 heterocycles. The molecule has 0 aromatic rings. The topological polar surface area (TPSA) is 21.3 Å². The molecule has 0 spiro atoms. The van der Waals surface area contributed by atoms with Crippen LogP contribution in [0.1, 0.15) is 58.3 Å². The molecule has 1 aliphatic carbocycles. The van der Waals surface area contributed by atoms with Crippen molar-refractivity contribution >= 4 is 0 Å². The summed E-state index contributed by atoms with van der Waals surface area (Å²) in [7, 11) is 0. The first kappa shape index (κ1) is 14.1. The van der Waals surface area contributed by atoms with Gasteiger partial charge in [0, 0.05) is 18.6 Å². The third-order valence-electron chi connectivity index (χ3n) is 4.26. The highest BCUT2D eigenvalue weighted by Crippen LogP contribution is 2.28. The van der Waals surface area contributed by atoms with Crippen LogP contribution in [0.15, 0.2) is 11.6 Å². The second-order valence-electron chi connectivity index (χ2n) is 5.79. The van der Waals surface area contributed by atoms with Crippen LogP contribution in [0, 0.1) is 5.92 Å². The highest BCUT2D eigenvalue weighted by atomic mass is 16.5. The van der Waals surface area contributed by atoms with Gasteiger partial charge in [-0.1, -0.05) is 25.0 Å². The van der Waals surface area contributed by atoms with E-state index in [-0.39, 0.29) is 0 Å². The van der Waals surface area contributed by atoms with Crippen LogP contribution in [-0.2, 0) is 4.74 Å². The molecule has 0 saturated carbocycles. The molecule has 0 radical (unpaired) electrons. The lowest BCUT2D eigenvalue weighted by Gasteiger charge is -2.33. The quantitative estimate of drug-likeness (QED) is 0.753. The Kier molecular flexibility index (Phi) is 6.22. The van der Waals surface area contributed by atoms with Crippen LogP contribution in [0.3, 0.4) is 0 Å². The summed E-state index contributed by atoms with van der Waals surface area (Å²) in [6, 6.07) is 0.586. The summed E-state index contributed by atoms with van der Waals surface area (Å²) < 4.78 is 5.70. The highest BCUT2D eigenvalue weighted by Gasteiger charge is 2.26. The van der Waals surface area contributed by atoms with Crippen LogP contribution < -0.4 is 5.32 Å². The number of allylic oxidation sites excluding steroid dienone is 1. The van der Waals surface area contributed by atoms with Gasteiger partial charge in [0.15, 0.2) is 0 Å². The Balaban J connectivity index is 1.99. The lowest BCUT2D eigenvalue weighted by Crippen LogP contribution is -2.42. The van der Waals surface area contributed by atoms with Crippen LogP contribution in [-0.4, -0.2) is 25.8 Å². The lowest BCUT2D eigenvalue weighted by molar-refractivity contribution is 0.0439. The van der Waals surface area contributed by atoms with E-state index in [9.17, 15) is 0 Å². The molecular weight excluding hydrogens is 222 g/mol. The maximum absolute atomic E-state index is 5.70. The molecule has 0 aromatic carbocycles. The van der Waals surface area contributed by atoms with Gasteiger partial charge in [-0.15, -0.1) is 0 Å². The molecule has 0 bridgehead atoms. The van der Waals surface area contributed by atoms with Crippen LogP contribution in [0.25, 0.3) is 0 Å². The predicted molar refractivity (Wildman–Crippen MR) is 76.8 cm³/mol. The molecule has 1 saturated heterocycles. The van der Waals surface area contributed by atoms with E-state index in [2.05, 4.69) is 18.3 Å². The molecule has 0 amide bonds. The standard InChI is InChI=1S/C16H29NO/c1-2-11-17-16(15-10-7-12-18-13-15)14-8-5-3-4-6-9-14/h8,15-17H,2-7,9-13H2,1H3. The normalized spacial score (nSPS) is 27.4. The molecule has 1 fully saturated rings. The van der Waals surface area contributed by atoms with E-state index in [4.69, 9.17) is 4.74 Å². The van der Waals surface area contributed by atoms with Gasteiger partial charge < -0.3 is 10.1 Å². The third kappa shape index (κ3) is 4.10. The molecule has 2 unspecified atom stereocenters. The second-order valence-corrected chi connectivity index (χ2v) is 5.79. The summed E-state index contributed by atoms with van der Waals surface area (Å²) in [5.41, 5.74) is 1.68. The average molecular weight is 251 g/mol. The molecule has 2 aliphatic rings. The van der Waals surface area contributed by atoms with Crippen molar-refractivity contribution in [2.75, 3.05) is 19.8 Å². The number of hydrogen-bond donors (Lipinski definition) is 1. The van der Waals surface area contributed by atoms with Crippen LogP contribution in [0.2, 0.25) is 0 Å². The Morgan fingerprint density at radius 1 is 1.33 bits per heavy atom. The molecule has 0 aromatic heterocycles. The van der Waals surface area contributed by atoms with E-state index >= 15 is 0 Å². The van der Waals surface area contributed by atoms with E-state index in [1.165, 1.54) is 51.4 Å². The lowest BCUT2D eigenvalue weighted by atomic mass is 9.86. The summed E-state index contributed by atoms with van der Waals surface area (Å²) in [5, 5.41) is 3.79. The van der Waals surface area contributed by atoms with E-state index in [1.807, 2.05) is 0 Å². The van der Waals surface area contributed by atoms with Gasteiger partial charge in [-0.2, -0.15) is 0 Å². The molecular formula is C16H29NO. The van der Waals surface area contributed by atoms with E-state index in [1.54, 1.807) is 5.57 Å². The zero-order valence-electron chi connectivity index (χ0n) is 11.9. The van der Waals surface area contributed by atoms with E-state index in [0.29, 0.717) is 12.0 Å². The molecule has 2 nitrogen and oxygen atoms in total. The van der Waals surface area contributed by atoms with Gasteiger partial charge in [-0.3, -0.25) is 0 Å². The minimum Gasteiger partial charge on any atom is -0.381 e. The fourth-order valence-electron chi connectivity index (χ4n) is 3.25. The molecule has 18 heavy (non-hydrogen) atoms. The van der Waals surface area contributed by atoms with Gasteiger partial charge in [0.05, 0.1) is 6.61 Å². The number of hydrogen-bond acceptors (Lipinski definition) is 2. The summed E-state index contributed by atoms with van der Waals surface area (Å²) in [5.74, 6) is 0.703. The molecule has 104 valence electrons. The van der Waals surface area contributed by atoms with Crippen LogP contribution >= 0.6 is 0 Å².